The Labute approximate surface area is 71.8 Å². The van der Waals surface area contributed by atoms with Gasteiger partial charge in [-0.15, -0.1) is 0 Å². The highest BCUT2D eigenvalue weighted by Crippen LogP contribution is 2.01. The van der Waals surface area contributed by atoms with Crippen molar-refractivity contribution in [2.45, 2.75) is 25.9 Å². The van der Waals surface area contributed by atoms with Gasteiger partial charge in [0.2, 0.25) is 0 Å². The molecule has 1 rings (SSSR count). The molecule has 1 atom stereocenters. The van der Waals surface area contributed by atoms with Gasteiger partial charge in [-0.3, -0.25) is 0 Å². The summed E-state index contributed by atoms with van der Waals surface area (Å²) in [6, 6.07) is 0. The number of carbonyl (C=O) groups excluding carboxylic acids is 1. The van der Waals surface area contributed by atoms with Gasteiger partial charge in [-0.2, -0.15) is 0 Å². The van der Waals surface area contributed by atoms with E-state index in [0.717, 1.165) is 12.8 Å². The van der Waals surface area contributed by atoms with E-state index in [0.29, 0.717) is 19.8 Å². The lowest BCUT2D eigenvalue weighted by molar-refractivity contribution is -0.0197. The maximum atomic E-state index is 10.8. The largest absolute Gasteiger partial charge is 0.508 e. The van der Waals surface area contributed by atoms with Crippen molar-refractivity contribution < 1.29 is 19.0 Å². The molecule has 4 nitrogen and oxygen atoms in total. The van der Waals surface area contributed by atoms with Gasteiger partial charge in [0.15, 0.2) is 0 Å². The van der Waals surface area contributed by atoms with Crippen LogP contribution in [0.1, 0.15) is 19.8 Å². The van der Waals surface area contributed by atoms with Crippen molar-refractivity contribution in [2.24, 2.45) is 0 Å². The van der Waals surface area contributed by atoms with Crippen LogP contribution in [-0.4, -0.2) is 32.1 Å². The van der Waals surface area contributed by atoms with Gasteiger partial charge in [0.05, 0.1) is 13.2 Å². The van der Waals surface area contributed by atoms with E-state index >= 15 is 0 Å². The fraction of sp³-hybridized carbons (Fsp3) is 0.875. The molecule has 1 unspecified atom stereocenters. The molecule has 1 fully saturated rings. The SMILES string of the molecule is CC1COCCCCOC(=O)O1. The first-order chi connectivity index (χ1) is 5.79. The summed E-state index contributed by atoms with van der Waals surface area (Å²) in [5.41, 5.74) is 0. The Kier molecular flexibility index (Phi) is 3.87. The number of rotatable bonds is 0. The highest BCUT2D eigenvalue weighted by Gasteiger charge is 2.11. The van der Waals surface area contributed by atoms with Crippen LogP contribution in [0.3, 0.4) is 0 Å². The molecule has 0 amide bonds. The molecule has 1 saturated heterocycles. The van der Waals surface area contributed by atoms with E-state index in [1.54, 1.807) is 6.92 Å². The second kappa shape index (κ2) is 4.98. The van der Waals surface area contributed by atoms with E-state index < -0.39 is 6.16 Å². The van der Waals surface area contributed by atoms with E-state index in [2.05, 4.69) is 0 Å². The second-order valence-electron chi connectivity index (χ2n) is 2.81. The lowest BCUT2D eigenvalue weighted by Crippen LogP contribution is -2.23. The third kappa shape index (κ3) is 3.57. The Morgan fingerprint density at radius 3 is 2.92 bits per heavy atom. The molecule has 1 aliphatic rings. The molecule has 0 bridgehead atoms. The molecular weight excluding hydrogens is 160 g/mol. The fourth-order valence-electron chi connectivity index (χ4n) is 0.943. The molecule has 0 radical (unpaired) electrons. The number of ether oxygens (including phenoxy) is 3. The van der Waals surface area contributed by atoms with Gasteiger partial charge in [0, 0.05) is 6.61 Å². The molecular formula is C8H14O4. The van der Waals surface area contributed by atoms with Crippen LogP contribution in [0.25, 0.3) is 0 Å². The zero-order chi connectivity index (χ0) is 8.81. The zero-order valence-corrected chi connectivity index (χ0v) is 7.25. The van der Waals surface area contributed by atoms with Crippen molar-refractivity contribution in [2.75, 3.05) is 19.8 Å². The summed E-state index contributed by atoms with van der Waals surface area (Å²) in [4.78, 5) is 10.8. The van der Waals surface area contributed by atoms with Crippen molar-refractivity contribution in [1.29, 1.82) is 0 Å². The minimum atomic E-state index is -0.590. The van der Waals surface area contributed by atoms with Crippen LogP contribution in [0.15, 0.2) is 0 Å². The Morgan fingerprint density at radius 1 is 1.33 bits per heavy atom. The first-order valence-corrected chi connectivity index (χ1v) is 4.20. The van der Waals surface area contributed by atoms with Crippen molar-refractivity contribution >= 4 is 6.16 Å². The summed E-state index contributed by atoms with van der Waals surface area (Å²) in [5, 5.41) is 0. The summed E-state index contributed by atoms with van der Waals surface area (Å²) in [6.45, 7) is 3.37. The van der Waals surface area contributed by atoms with Gasteiger partial charge < -0.3 is 14.2 Å². The Bertz CT molecular complexity index is 146. The van der Waals surface area contributed by atoms with Crippen molar-refractivity contribution in [1.82, 2.24) is 0 Å². The zero-order valence-electron chi connectivity index (χ0n) is 7.25. The predicted octanol–water partition coefficient (Wildman–Crippen LogP) is 1.34. The number of cyclic esters (lactones) is 2. The predicted molar refractivity (Wildman–Crippen MR) is 41.9 cm³/mol. The molecule has 70 valence electrons. The monoisotopic (exact) mass is 174 g/mol. The molecule has 1 heterocycles. The maximum absolute atomic E-state index is 10.8. The quantitative estimate of drug-likeness (QED) is 0.520. The van der Waals surface area contributed by atoms with Crippen LogP contribution in [0.5, 0.6) is 0 Å². The lowest BCUT2D eigenvalue weighted by Gasteiger charge is -2.15. The molecule has 1 aliphatic heterocycles. The molecule has 0 N–H and O–H groups in total. The van der Waals surface area contributed by atoms with Crippen molar-refractivity contribution in [3.8, 4) is 0 Å². The molecule has 0 aromatic rings. The molecule has 12 heavy (non-hydrogen) atoms. The summed E-state index contributed by atoms with van der Waals surface area (Å²) < 4.78 is 14.9. The van der Waals surface area contributed by atoms with Gasteiger partial charge >= 0.3 is 6.16 Å². The van der Waals surface area contributed by atoms with E-state index in [1.807, 2.05) is 0 Å². The summed E-state index contributed by atoms with van der Waals surface area (Å²) in [7, 11) is 0. The van der Waals surface area contributed by atoms with Crippen LogP contribution in [0.4, 0.5) is 4.79 Å². The molecule has 0 spiro atoms. The van der Waals surface area contributed by atoms with E-state index in [9.17, 15) is 4.79 Å². The number of hydrogen-bond donors (Lipinski definition) is 0. The molecule has 0 aromatic carbocycles. The number of carbonyl (C=O) groups is 1. The van der Waals surface area contributed by atoms with E-state index in [1.165, 1.54) is 0 Å². The standard InChI is InChI=1S/C8H14O4/c1-7-6-10-4-2-3-5-11-8(9)12-7/h7H,2-6H2,1H3. The molecule has 4 heteroatoms. The highest BCUT2D eigenvalue weighted by molar-refractivity contribution is 5.60. The van der Waals surface area contributed by atoms with E-state index in [4.69, 9.17) is 14.2 Å². The van der Waals surface area contributed by atoms with Crippen LogP contribution >= 0.6 is 0 Å². The average Bonchev–Trinajstić information content (AvgIpc) is 2.02. The third-order valence-electron chi connectivity index (χ3n) is 1.55. The van der Waals surface area contributed by atoms with Crippen LogP contribution in [-0.2, 0) is 14.2 Å². The normalized spacial score (nSPS) is 27.1. The Balaban J connectivity index is 2.29. The topological polar surface area (TPSA) is 44.8 Å². The maximum Gasteiger partial charge on any atom is 0.508 e. The first-order valence-electron chi connectivity index (χ1n) is 4.20. The molecule has 0 aromatic heterocycles. The highest BCUT2D eigenvalue weighted by atomic mass is 16.7. The molecule has 0 aliphatic carbocycles. The fourth-order valence-corrected chi connectivity index (χ4v) is 0.943. The minimum absolute atomic E-state index is 0.212. The smallest absolute Gasteiger partial charge is 0.434 e. The van der Waals surface area contributed by atoms with Gasteiger partial charge in [0.1, 0.15) is 6.10 Å². The van der Waals surface area contributed by atoms with Crippen molar-refractivity contribution in [3.05, 3.63) is 0 Å². The van der Waals surface area contributed by atoms with Gasteiger partial charge in [-0.05, 0) is 19.8 Å². The van der Waals surface area contributed by atoms with Gasteiger partial charge in [-0.1, -0.05) is 0 Å². The van der Waals surface area contributed by atoms with Crippen LogP contribution < -0.4 is 0 Å². The Morgan fingerprint density at radius 2 is 2.08 bits per heavy atom. The summed E-state index contributed by atoms with van der Waals surface area (Å²) >= 11 is 0. The first kappa shape index (κ1) is 9.32. The number of hydrogen-bond acceptors (Lipinski definition) is 4. The van der Waals surface area contributed by atoms with Crippen LogP contribution in [0, 0.1) is 0 Å². The summed E-state index contributed by atoms with van der Waals surface area (Å²) in [5.74, 6) is 0. The van der Waals surface area contributed by atoms with Gasteiger partial charge in [-0.25, -0.2) is 4.79 Å². The van der Waals surface area contributed by atoms with Gasteiger partial charge in [0.25, 0.3) is 0 Å². The van der Waals surface area contributed by atoms with Crippen molar-refractivity contribution in [3.63, 3.8) is 0 Å². The summed E-state index contributed by atoms with van der Waals surface area (Å²) in [6.07, 6.45) is 0.965. The minimum Gasteiger partial charge on any atom is -0.434 e. The third-order valence-corrected chi connectivity index (χ3v) is 1.55. The molecule has 0 saturated carbocycles. The lowest BCUT2D eigenvalue weighted by atomic mass is 10.3. The Hall–Kier alpha value is -0.770. The second-order valence-corrected chi connectivity index (χ2v) is 2.81. The van der Waals surface area contributed by atoms with Crippen LogP contribution in [0.2, 0.25) is 0 Å². The van der Waals surface area contributed by atoms with E-state index in [-0.39, 0.29) is 6.10 Å². The average molecular weight is 174 g/mol.